The molecule has 2 aromatic heterocycles. The highest BCUT2D eigenvalue weighted by atomic mass is 35.5. The summed E-state index contributed by atoms with van der Waals surface area (Å²) < 4.78 is 10.8. The average Bonchev–Trinajstić information content (AvgIpc) is 2.84. The number of ether oxygens (including phenoxy) is 2. The number of halogens is 1. The number of fused-ring (bicyclic) bond motifs is 3. The van der Waals surface area contributed by atoms with Crippen LogP contribution in [0, 0.1) is 0 Å². The van der Waals surface area contributed by atoms with Gasteiger partial charge in [-0.15, -0.1) is 0 Å². The van der Waals surface area contributed by atoms with Crippen molar-refractivity contribution in [2.24, 2.45) is 0 Å². The van der Waals surface area contributed by atoms with Gasteiger partial charge in [-0.3, -0.25) is 0 Å². The topological polar surface area (TPSA) is 64.2 Å². The minimum absolute atomic E-state index is 0.234. The molecule has 5 nitrogen and oxygen atoms in total. The van der Waals surface area contributed by atoms with Crippen LogP contribution in [0.4, 0.5) is 0 Å². The molecule has 0 radical (unpaired) electrons. The van der Waals surface area contributed by atoms with Crippen molar-refractivity contribution < 1.29 is 14.3 Å². The molecule has 24 heavy (non-hydrogen) atoms. The van der Waals surface area contributed by atoms with E-state index in [2.05, 4.69) is 9.97 Å². The molecule has 6 heteroatoms. The predicted molar refractivity (Wildman–Crippen MR) is 94.5 cm³/mol. The van der Waals surface area contributed by atoms with Crippen LogP contribution in [0.2, 0.25) is 5.15 Å². The number of aromatic amines is 1. The molecular formula is C18H19ClN2O3. The zero-order valence-corrected chi connectivity index (χ0v) is 14.8. The second-order valence-electron chi connectivity index (χ2n) is 6.61. The minimum Gasteiger partial charge on any atom is -0.456 e. The van der Waals surface area contributed by atoms with Gasteiger partial charge in [0.15, 0.2) is 0 Å². The molecule has 0 fully saturated rings. The smallest absolute Gasteiger partial charge is 0.341 e. The number of hydrogen-bond donors (Lipinski definition) is 1. The van der Waals surface area contributed by atoms with Crippen molar-refractivity contribution in [1.82, 2.24) is 9.97 Å². The molecule has 0 unspecified atom stereocenters. The first-order valence-electron chi connectivity index (χ1n) is 7.61. The van der Waals surface area contributed by atoms with Crippen LogP contribution in [0.15, 0.2) is 24.4 Å². The number of rotatable bonds is 3. The Bertz CT molecular complexity index is 925. The molecule has 1 aromatic carbocycles. The zero-order valence-electron chi connectivity index (χ0n) is 14.1. The minimum atomic E-state index is -0.583. The van der Waals surface area contributed by atoms with Gasteiger partial charge in [-0.2, -0.15) is 0 Å². The molecule has 0 saturated heterocycles. The van der Waals surface area contributed by atoms with E-state index >= 15 is 0 Å². The van der Waals surface area contributed by atoms with Gasteiger partial charge in [0.05, 0.1) is 23.4 Å². The molecule has 3 rings (SSSR count). The van der Waals surface area contributed by atoms with Gasteiger partial charge in [0.25, 0.3) is 0 Å². The highest BCUT2D eigenvalue weighted by Crippen LogP contribution is 2.31. The van der Waals surface area contributed by atoms with Gasteiger partial charge < -0.3 is 14.5 Å². The van der Waals surface area contributed by atoms with Crippen LogP contribution in [0.1, 0.15) is 36.8 Å². The summed E-state index contributed by atoms with van der Waals surface area (Å²) in [7, 11) is 1.57. The summed E-state index contributed by atoms with van der Waals surface area (Å²) in [4.78, 5) is 20.3. The SMILES string of the molecule is COCc1nc2c(ccc3c[nH]c(Cl)cc32)c1C(=O)OC(C)(C)C. The molecule has 2 heterocycles. The number of aromatic nitrogens is 2. The van der Waals surface area contributed by atoms with Crippen LogP contribution < -0.4 is 0 Å². The van der Waals surface area contributed by atoms with E-state index in [1.54, 1.807) is 7.11 Å². The highest BCUT2D eigenvalue weighted by molar-refractivity contribution is 6.30. The van der Waals surface area contributed by atoms with Crippen molar-refractivity contribution in [2.75, 3.05) is 7.11 Å². The largest absolute Gasteiger partial charge is 0.456 e. The Morgan fingerprint density at radius 2 is 2.04 bits per heavy atom. The Morgan fingerprint density at radius 3 is 2.71 bits per heavy atom. The first kappa shape index (κ1) is 16.7. The number of hydrogen-bond acceptors (Lipinski definition) is 4. The summed E-state index contributed by atoms with van der Waals surface area (Å²) >= 11 is 6.08. The fourth-order valence-corrected chi connectivity index (χ4v) is 2.85. The standard InChI is InChI=1S/C18H19ClN2O3/c1-18(2,3)24-17(22)15-11-6-5-10-8-20-14(19)7-12(10)16(11)21-13(15)9-23-4/h5-8,20H,9H2,1-4H3. The third kappa shape index (κ3) is 3.09. The third-order valence-electron chi connectivity index (χ3n) is 3.58. The predicted octanol–water partition coefficient (Wildman–Crippen LogP) is 4.47. The Hall–Kier alpha value is -2.11. The second kappa shape index (κ2) is 6.07. The van der Waals surface area contributed by atoms with E-state index in [0.717, 1.165) is 21.7 Å². The third-order valence-corrected chi connectivity index (χ3v) is 3.79. The Morgan fingerprint density at radius 1 is 1.29 bits per heavy atom. The monoisotopic (exact) mass is 346 g/mol. The van der Waals surface area contributed by atoms with Crippen LogP contribution in [-0.2, 0) is 16.1 Å². The second-order valence-corrected chi connectivity index (χ2v) is 7.02. The number of methoxy groups -OCH3 is 1. The number of nitrogens with zero attached hydrogens (tertiary/aromatic N) is 1. The summed E-state index contributed by atoms with van der Waals surface area (Å²) in [5.74, 6) is -0.398. The van der Waals surface area contributed by atoms with E-state index in [9.17, 15) is 4.79 Å². The number of carbonyl (C=O) groups is 1. The van der Waals surface area contributed by atoms with Crippen LogP contribution in [0.25, 0.3) is 21.7 Å². The number of nitrogens with one attached hydrogen (secondary N) is 1. The van der Waals surface area contributed by atoms with Gasteiger partial charge in [0.2, 0.25) is 0 Å². The lowest BCUT2D eigenvalue weighted by Gasteiger charge is -2.19. The molecule has 0 spiro atoms. The fraction of sp³-hybridized carbons (Fsp3) is 0.333. The lowest BCUT2D eigenvalue weighted by Crippen LogP contribution is -2.24. The van der Waals surface area contributed by atoms with Crippen molar-refractivity contribution in [1.29, 1.82) is 0 Å². The Kier molecular flexibility index (Phi) is 4.24. The molecular weight excluding hydrogens is 328 g/mol. The Balaban J connectivity index is 2.26. The summed E-state index contributed by atoms with van der Waals surface area (Å²) in [5, 5.41) is 3.09. The molecule has 3 aromatic rings. The lowest BCUT2D eigenvalue weighted by molar-refractivity contribution is 0.00683. The van der Waals surface area contributed by atoms with E-state index in [-0.39, 0.29) is 6.61 Å². The summed E-state index contributed by atoms with van der Waals surface area (Å²) in [6.07, 6.45) is 1.81. The zero-order chi connectivity index (χ0) is 17.5. The molecule has 0 saturated carbocycles. The van der Waals surface area contributed by atoms with Crippen molar-refractivity contribution in [3.63, 3.8) is 0 Å². The molecule has 0 aliphatic rings. The van der Waals surface area contributed by atoms with E-state index in [1.165, 1.54) is 0 Å². The maximum atomic E-state index is 12.7. The van der Waals surface area contributed by atoms with E-state index in [0.29, 0.717) is 16.4 Å². The van der Waals surface area contributed by atoms with Crippen molar-refractivity contribution >= 4 is 39.2 Å². The van der Waals surface area contributed by atoms with Gasteiger partial charge in [0, 0.05) is 29.5 Å². The normalized spacial score (nSPS) is 12.0. The van der Waals surface area contributed by atoms with E-state index in [4.69, 9.17) is 21.1 Å². The molecule has 0 atom stereocenters. The number of carbonyl (C=O) groups excluding carboxylic acids is 1. The number of pyridine rings is 1. The van der Waals surface area contributed by atoms with Crippen LogP contribution in [-0.4, -0.2) is 28.6 Å². The molecule has 0 aliphatic carbocycles. The van der Waals surface area contributed by atoms with Gasteiger partial charge in [0.1, 0.15) is 10.8 Å². The van der Waals surface area contributed by atoms with Gasteiger partial charge >= 0.3 is 5.97 Å². The van der Waals surface area contributed by atoms with Gasteiger partial charge in [-0.05, 0) is 26.8 Å². The van der Waals surface area contributed by atoms with Crippen molar-refractivity contribution in [3.05, 3.63) is 40.8 Å². The van der Waals surface area contributed by atoms with Crippen molar-refractivity contribution in [3.8, 4) is 0 Å². The maximum absolute atomic E-state index is 12.7. The molecule has 0 bridgehead atoms. The first-order valence-corrected chi connectivity index (χ1v) is 7.99. The molecule has 126 valence electrons. The highest BCUT2D eigenvalue weighted by Gasteiger charge is 2.25. The summed E-state index contributed by atoms with van der Waals surface area (Å²) in [6, 6.07) is 5.61. The quantitative estimate of drug-likeness (QED) is 0.561. The number of H-pyrrole nitrogens is 1. The fourth-order valence-electron chi connectivity index (χ4n) is 2.68. The Labute approximate surface area is 144 Å². The number of benzene rings is 1. The summed E-state index contributed by atoms with van der Waals surface area (Å²) in [6.45, 7) is 5.75. The van der Waals surface area contributed by atoms with Crippen LogP contribution in [0.3, 0.4) is 0 Å². The number of esters is 1. The summed E-state index contributed by atoms with van der Waals surface area (Å²) in [5.41, 5.74) is 1.15. The van der Waals surface area contributed by atoms with Crippen molar-refractivity contribution in [2.45, 2.75) is 33.0 Å². The maximum Gasteiger partial charge on any atom is 0.341 e. The van der Waals surface area contributed by atoms with Gasteiger partial charge in [-0.25, -0.2) is 9.78 Å². The average molecular weight is 347 g/mol. The lowest BCUT2D eigenvalue weighted by atomic mass is 10.1. The van der Waals surface area contributed by atoms with Gasteiger partial charge in [-0.1, -0.05) is 23.7 Å². The van der Waals surface area contributed by atoms with Crippen LogP contribution in [0.5, 0.6) is 0 Å². The van der Waals surface area contributed by atoms with Crippen LogP contribution >= 0.6 is 11.6 Å². The molecule has 0 amide bonds. The molecule has 0 aliphatic heterocycles. The molecule has 1 N–H and O–H groups in total. The first-order chi connectivity index (χ1) is 11.3. The van der Waals surface area contributed by atoms with E-state index < -0.39 is 11.6 Å². The van der Waals surface area contributed by atoms with E-state index in [1.807, 2.05) is 45.2 Å².